The molecule has 0 radical (unpaired) electrons. The molecule has 0 aliphatic carbocycles. The Labute approximate surface area is 116 Å². The first-order valence-electron chi connectivity index (χ1n) is 6.58. The molecule has 1 saturated heterocycles. The lowest BCUT2D eigenvalue weighted by Gasteiger charge is -2.13. The van der Waals surface area contributed by atoms with E-state index in [2.05, 4.69) is 58.8 Å². The molecule has 1 aromatic carbocycles. The molecule has 0 amide bonds. The summed E-state index contributed by atoms with van der Waals surface area (Å²) in [6.07, 6.45) is 2.51. The maximum Gasteiger partial charge on any atom is 0.0524 e. The molecule has 3 heteroatoms. The van der Waals surface area contributed by atoms with Crippen LogP contribution in [-0.2, 0) is 7.05 Å². The van der Waals surface area contributed by atoms with Crippen molar-refractivity contribution in [2.45, 2.75) is 32.7 Å². The third-order valence-electron chi connectivity index (χ3n) is 4.12. The quantitative estimate of drug-likeness (QED) is 0.843. The van der Waals surface area contributed by atoms with Crippen molar-refractivity contribution in [3.63, 3.8) is 0 Å². The molecule has 1 aromatic heterocycles. The molecule has 2 aromatic rings. The normalized spacial score (nSPS) is 19.9. The monoisotopic (exact) mass is 306 g/mol. The SMILES string of the molecule is Cc1ccc(C)c2c1c(Br)c(C1CCCN1)n2C. The number of rotatable bonds is 1. The molecular formula is C15H19BrN2. The van der Waals surface area contributed by atoms with E-state index >= 15 is 0 Å². The molecule has 3 rings (SSSR count). The molecule has 2 nitrogen and oxygen atoms in total. The molecule has 0 spiro atoms. The van der Waals surface area contributed by atoms with Crippen molar-refractivity contribution in [3.05, 3.63) is 33.4 Å². The van der Waals surface area contributed by atoms with Crippen LogP contribution in [0.25, 0.3) is 10.9 Å². The van der Waals surface area contributed by atoms with E-state index in [0.717, 1.165) is 6.54 Å². The maximum atomic E-state index is 3.84. The number of aromatic nitrogens is 1. The predicted molar refractivity (Wildman–Crippen MR) is 80.1 cm³/mol. The molecule has 1 fully saturated rings. The second-order valence-corrected chi connectivity index (χ2v) is 6.12. The van der Waals surface area contributed by atoms with E-state index in [1.165, 1.54) is 45.0 Å². The van der Waals surface area contributed by atoms with Gasteiger partial charge in [-0.25, -0.2) is 0 Å². The smallest absolute Gasteiger partial charge is 0.0524 e. The minimum absolute atomic E-state index is 0.496. The van der Waals surface area contributed by atoms with Crippen LogP contribution in [0, 0.1) is 13.8 Å². The maximum absolute atomic E-state index is 3.84. The fraction of sp³-hybridized carbons (Fsp3) is 0.467. The Balaban J connectivity index is 2.33. The van der Waals surface area contributed by atoms with E-state index in [1.54, 1.807) is 0 Å². The van der Waals surface area contributed by atoms with Crippen molar-refractivity contribution >= 4 is 26.8 Å². The number of hydrogen-bond donors (Lipinski definition) is 1. The fourth-order valence-corrected chi connectivity index (χ4v) is 4.25. The van der Waals surface area contributed by atoms with E-state index < -0.39 is 0 Å². The van der Waals surface area contributed by atoms with Crippen molar-refractivity contribution in [2.75, 3.05) is 6.54 Å². The molecule has 1 aliphatic rings. The van der Waals surface area contributed by atoms with Crippen LogP contribution < -0.4 is 5.32 Å². The first kappa shape index (κ1) is 12.2. The van der Waals surface area contributed by atoms with Crippen LogP contribution in [0.5, 0.6) is 0 Å². The summed E-state index contributed by atoms with van der Waals surface area (Å²) in [4.78, 5) is 0. The summed E-state index contributed by atoms with van der Waals surface area (Å²) in [5, 5.41) is 4.98. The molecular weight excluding hydrogens is 288 g/mol. The van der Waals surface area contributed by atoms with E-state index in [0.29, 0.717) is 6.04 Å². The first-order chi connectivity index (χ1) is 8.61. The van der Waals surface area contributed by atoms with Crippen molar-refractivity contribution in [1.29, 1.82) is 0 Å². The van der Waals surface area contributed by atoms with Gasteiger partial charge in [-0.05, 0) is 60.3 Å². The Morgan fingerprint density at radius 2 is 2.00 bits per heavy atom. The van der Waals surface area contributed by atoms with Crippen LogP contribution in [0.15, 0.2) is 16.6 Å². The van der Waals surface area contributed by atoms with Crippen molar-refractivity contribution in [3.8, 4) is 0 Å². The van der Waals surface area contributed by atoms with Gasteiger partial charge in [-0.1, -0.05) is 12.1 Å². The highest BCUT2D eigenvalue weighted by Crippen LogP contribution is 2.39. The third-order valence-corrected chi connectivity index (χ3v) is 4.92. The lowest BCUT2D eigenvalue weighted by molar-refractivity contribution is 0.601. The van der Waals surface area contributed by atoms with Crippen LogP contribution >= 0.6 is 15.9 Å². The van der Waals surface area contributed by atoms with Gasteiger partial charge in [0.15, 0.2) is 0 Å². The predicted octanol–water partition coefficient (Wildman–Crippen LogP) is 3.98. The molecule has 96 valence electrons. The molecule has 0 bridgehead atoms. The van der Waals surface area contributed by atoms with Gasteiger partial charge < -0.3 is 9.88 Å². The summed E-state index contributed by atoms with van der Waals surface area (Å²) in [7, 11) is 2.19. The Bertz CT molecular complexity index is 562. The highest BCUT2D eigenvalue weighted by atomic mass is 79.9. The second-order valence-electron chi connectivity index (χ2n) is 5.33. The largest absolute Gasteiger partial charge is 0.345 e. The lowest BCUT2D eigenvalue weighted by Crippen LogP contribution is -2.16. The Morgan fingerprint density at radius 3 is 2.61 bits per heavy atom. The number of nitrogens with one attached hydrogen (secondary N) is 1. The van der Waals surface area contributed by atoms with Gasteiger partial charge in [0.1, 0.15) is 0 Å². The number of benzene rings is 1. The average Bonchev–Trinajstić information content (AvgIpc) is 2.92. The Hall–Kier alpha value is -0.800. The number of fused-ring (bicyclic) bond motifs is 1. The van der Waals surface area contributed by atoms with E-state index in [9.17, 15) is 0 Å². The third kappa shape index (κ3) is 1.64. The van der Waals surface area contributed by atoms with Gasteiger partial charge in [-0.3, -0.25) is 0 Å². The minimum atomic E-state index is 0.496. The molecule has 1 atom stereocenters. The summed E-state index contributed by atoms with van der Waals surface area (Å²) in [6.45, 7) is 5.52. The Morgan fingerprint density at radius 1 is 1.28 bits per heavy atom. The standard InChI is InChI=1S/C15H19BrN2/c1-9-6-7-10(2)14-12(9)13(16)15(18(14)3)11-5-4-8-17-11/h6-7,11,17H,4-5,8H2,1-3H3. The number of hydrogen-bond acceptors (Lipinski definition) is 1. The van der Waals surface area contributed by atoms with Gasteiger partial charge >= 0.3 is 0 Å². The molecule has 18 heavy (non-hydrogen) atoms. The van der Waals surface area contributed by atoms with Crippen molar-refractivity contribution in [1.82, 2.24) is 9.88 Å². The van der Waals surface area contributed by atoms with E-state index in [4.69, 9.17) is 0 Å². The average molecular weight is 307 g/mol. The summed E-state index contributed by atoms with van der Waals surface area (Å²) in [6, 6.07) is 4.93. The number of nitrogens with zero attached hydrogens (tertiary/aromatic N) is 1. The summed E-state index contributed by atoms with van der Waals surface area (Å²) >= 11 is 3.84. The zero-order valence-corrected chi connectivity index (χ0v) is 12.8. The highest BCUT2D eigenvalue weighted by molar-refractivity contribution is 9.10. The summed E-state index contributed by atoms with van der Waals surface area (Å²) in [5.74, 6) is 0. The fourth-order valence-electron chi connectivity index (χ4n) is 3.21. The van der Waals surface area contributed by atoms with Gasteiger partial charge in [0, 0.05) is 28.6 Å². The highest BCUT2D eigenvalue weighted by Gasteiger charge is 2.25. The second kappa shape index (κ2) is 4.39. The van der Waals surface area contributed by atoms with Crippen LogP contribution in [-0.4, -0.2) is 11.1 Å². The van der Waals surface area contributed by atoms with Crippen LogP contribution in [0.2, 0.25) is 0 Å². The van der Waals surface area contributed by atoms with E-state index in [-0.39, 0.29) is 0 Å². The van der Waals surface area contributed by atoms with Gasteiger partial charge in [0.05, 0.1) is 5.52 Å². The molecule has 1 aliphatic heterocycles. The number of aryl methyl sites for hydroxylation is 3. The zero-order valence-electron chi connectivity index (χ0n) is 11.2. The molecule has 0 saturated carbocycles. The summed E-state index contributed by atoms with van der Waals surface area (Å²) in [5.41, 5.74) is 5.47. The van der Waals surface area contributed by atoms with Gasteiger partial charge in [-0.15, -0.1) is 0 Å². The minimum Gasteiger partial charge on any atom is -0.345 e. The molecule has 1 unspecified atom stereocenters. The van der Waals surface area contributed by atoms with Crippen LogP contribution in [0.3, 0.4) is 0 Å². The lowest BCUT2D eigenvalue weighted by atomic mass is 10.1. The van der Waals surface area contributed by atoms with Gasteiger partial charge in [-0.2, -0.15) is 0 Å². The molecule has 2 heterocycles. The van der Waals surface area contributed by atoms with E-state index in [1.807, 2.05) is 0 Å². The summed E-state index contributed by atoms with van der Waals surface area (Å²) < 4.78 is 3.64. The van der Waals surface area contributed by atoms with Crippen molar-refractivity contribution < 1.29 is 0 Å². The van der Waals surface area contributed by atoms with Gasteiger partial charge in [0.2, 0.25) is 0 Å². The number of halogens is 1. The Kier molecular flexibility index (Phi) is 2.99. The molecule has 1 N–H and O–H groups in total. The topological polar surface area (TPSA) is 17.0 Å². The zero-order chi connectivity index (χ0) is 12.9. The van der Waals surface area contributed by atoms with Crippen LogP contribution in [0.4, 0.5) is 0 Å². The van der Waals surface area contributed by atoms with Gasteiger partial charge in [0.25, 0.3) is 0 Å². The van der Waals surface area contributed by atoms with Crippen LogP contribution in [0.1, 0.15) is 35.7 Å². The van der Waals surface area contributed by atoms with Crippen molar-refractivity contribution in [2.24, 2.45) is 7.05 Å². The first-order valence-corrected chi connectivity index (χ1v) is 7.38.